The number of H-pyrrole nitrogens is 1. The van der Waals surface area contributed by atoms with Gasteiger partial charge in [-0.25, -0.2) is 9.78 Å². The molecule has 31 heavy (non-hydrogen) atoms. The molecule has 8 heteroatoms. The van der Waals surface area contributed by atoms with E-state index in [2.05, 4.69) is 15.3 Å². The molecule has 160 valence electrons. The third-order valence-corrected chi connectivity index (χ3v) is 5.62. The van der Waals surface area contributed by atoms with Gasteiger partial charge in [0, 0.05) is 17.5 Å². The molecule has 0 fully saturated rings. The number of imidazole rings is 1. The second-order valence-electron chi connectivity index (χ2n) is 7.24. The number of rotatable bonds is 8. The molecule has 0 unspecified atom stereocenters. The van der Waals surface area contributed by atoms with Crippen LogP contribution in [0.1, 0.15) is 23.9 Å². The molecule has 1 amide bonds. The molecule has 2 heterocycles. The highest BCUT2D eigenvalue weighted by atomic mass is 32.2. The summed E-state index contributed by atoms with van der Waals surface area (Å²) in [4.78, 5) is 32.1. The predicted octanol–water partition coefficient (Wildman–Crippen LogP) is 3.97. The Kier molecular flexibility index (Phi) is 6.27. The van der Waals surface area contributed by atoms with Gasteiger partial charge in [0.2, 0.25) is 0 Å². The van der Waals surface area contributed by atoms with Gasteiger partial charge in [0.1, 0.15) is 17.2 Å². The van der Waals surface area contributed by atoms with Crippen LogP contribution in [0.2, 0.25) is 0 Å². The highest BCUT2D eigenvalue weighted by molar-refractivity contribution is 7.98. The van der Waals surface area contributed by atoms with Crippen molar-refractivity contribution in [2.45, 2.75) is 19.4 Å². The van der Waals surface area contributed by atoms with Crippen LogP contribution in [0.15, 0.2) is 57.7 Å². The minimum Gasteiger partial charge on any atom is -0.484 e. The summed E-state index contributed by atoms with van der Waals surface area (Å²) in [5.74, 6) is 1.82. The predicted molar refractivity (Wildman–Crippen MR) is 123 cm³/mol. The first kappa shape index (κ1) is 21.0. The summed E-state index contributed by atoms with van der Waals surface area (Å²) in [6, 6.07) is 14.2. The summed E-state index contributed by atoms with van der Waals surface area (Å²) in [5.41, 5.74) is 2.65. The first-order chi connectivity index (χ1) is 15.0. The zero-order valence-corrected chi connectivity index (χ0v) is 18.1. The van der Waals surface area contributed by atoms with Crippen molar-refractivity contribution in [3.63, 3.8) is 0 Å². The van der Waals surface area contributed by atoms with Crippen LogP contribution in [0.25, 0.3) is 22.0 Å². The van der Waals surface area contributed by atoms with Crippen LogP contribution in [-0.2, 0) is 4.79 Å². The number of carbonyl (C=O) groups is 1. The number of hydrogen-bond donors (Lipinski definition) is 2. The molecule has 7 nitrogen and oxygen atoms in total. The van der Waals surface area contributed by atoms with Crippen LogP contribution in [0.5, 0.6) is 5.75 Å². The Morgan fingerprint density at radius 1 is 1.26 bits per heavy atom. The highest BCUT2D eigenvalue weighted by Crippen LogP contribution is 2.23. The molecule has 1 atom stereocenters. The lowest BCUT2D eigenvalue weighted by molar-refractivity contribution is -0.123. The number of ether oxygens (including phenoxy) is 1. The third kappa shape index (κ3) is 4.91. The average molecular weight is 438 g/mol. The van der Waals surface area contributed by atoms with Gasteiger partial charge in [0.25, 0.3) is 5.91 Å². The minimum atomic E-state index is -0.414. The van der Waals surface area contributed by atoms with Crippen LogP contribution in [0, 0.1) is 6.92 Å². The lowest BCUT2D eigenvalue weighted by Crippen LogP contribution is -2.33. The monoisotopic (exact) mass is 437 g/mol. The topological polar surface area (TPSA) is 97.2 Å². The fraction of sp³-hybridized carbons (Fsp3) is 0.261. The second kappa shape index (κ2) is 9.26. The fourth-order valence-corrected chi connectivity index (χ4v) is 3.90. The standard InChI is InChI=1S/C23H23N3O4S/c1-14-11-22(28)30-20-12-15(7-8-16(14)20)29-13-21(27)24-19(9-10-31-2)23-25-17-5-3-4-6-18(17)26-23/h3-8,11-12,19H,9-10,13H2,1-2H3,(H,24,27)(H,25,26)/t19-/m0/s1. The van der Waals surface area contributed by atoms with Crippen LogP contribution in [0.3, 0.4) is 0 Å². The van der Waals surface area contributed by atoms with Gasteiger partial charge in [-0.05, 0) is 55.2 Å². The number of nitrogens with zero attached hydrogens (tertiary/aromatic N) is 1. The van der Waals surface area contributed by atoms with Crippen molar-refractivity contribution in [2.75, 3.05) is 18.6 Å². The van der Waals surface area contributed by atoms with Gasteiger partial charge in [0.15, 0.2) is 6.61 Å². The molecule has 0 aliphatic carbocycles. The largest absolute Gasteiger partial charge is 0.484 e. The molecule has 2 aromatic heterocycles. The van der Waals surface area contributed by atoms with E-state index in [1.54, 1.807) is 23.9 Å². The van der Waals surface area contributed by atoms with Crippen molar-refractivity contribution in [3.8, 4) is 5.75 Å². The van der Waals surface area contributed by atoms with Crippen LogP contribution < -0.4 is 15.7 Å². The van der Waals surface area contributed by atoms with Gasteiger partial charge in [-0.1, -0.05) is 12.1 Å². The van der Waals surface area contributed by atoms with E-state index in [4.69, 9.17) is 9.15 Å². The fourth-order valence-electron chi connectivity index (χ4n) is 3.43. The molecule has 4 aromatic rings. The second-order valence-corrected chi connectivity index (χ2v) is 8.22. The van der Waals surface area contributed by atoms with E-state index in [9.17, 15) is 9.59 Å². The number of aryl methyl sites for hydroxylation is 1. The van der Waals surface area contributed by atoms with E-state index in [0.29, 0.717) is 11.3 Å². The lowest BCUT2D eigenvalue weighted by atomic mass is 10.1. The van der Waals surface area contributed by atoms with E-state index in [1.165, 1.54) is 6.07 Å². The zero-order chi connectivity index (χ0) is 21.8. The Labute approximate surface area is 183 Å². The molecule has 2 aromatic carbocycles. The van der Waals surface area contributed by atoms with Gasteiger partial charge in [-0.3, -0.25) is 4.79 Å². The number of aromatic nitrogens is 2. The quantitative estimate of drug-likeness (QED) is 0.405. The molecule has 0 saturated heterocycles. The number of benzene rings is 2. The molecule has 0 spiro atoms. The van der Waals surface area contributed by atoms with Crippen molar-refractivity contribution in [2.24, 2.45) is 0 Å². The maximum Gasteiger partial charge on any atom is 0.336 e. The summed E-state index contributed by atoms with van der Waals surface area (Å²) >= 11 is 1.71. The molecule has 0 aliphatic rings. The molecule has 0 saturated carbocycles. The number of para-hydroxylation sites is 2. The van der Waals surface area contributed by atoms with Gasteiger partial charge in [0.05, 0.1) is 17.1 Å². The van der Waals surface area contributed by atoms with E-state index < -0.39 is 5.63 Å². The first-order valence-corrected chi connectivity index (χ1v) is 11.3. The number of nitrogens with one attached hydrogen (secondary N) is 2. The van der Waals surface area contributed by atoms with Crippen LogP contribution >= 0.6 is 11.8 Å². The SMILES string of the molecule is CSCC[C@H](NC(=O)COc1ccc2c(C)cc(=O)oc2c1)c1nc2ccccc2[nH]1. The summed E-state index contributed by atoms with van der Waals surface area (Å²) in [6.45, 7) is 1.69. The Hall–Kier alpha value is -3.26. The Morgan fingerprint density at radius 2 is 2.10 bits per heavy atom. The van der Waals surface area contributed by atoms with Crippen LogP contribution in [-0.4, -0.2) is 34.5 Å². The molecule has 4 rings (SSSR count). The summed E-state index contributed by atoms with van der Waals surface area (Å²) in [7, 11) is 0. The van der Waals surface area contributed by atoms with Crippen molar-refractivity contribution in [1.82, 2.24) is 15.3 Å². The van der Waals surface area contributed by atoms with E-state index in [0.717, 1.165) is 40.0 Å². The average Bonchev–Trinajstić information content (AvgIpc) is 3.19. The number of carbonyl (C=O) groups excluding carboxylic acids is 1. The van der Waals surface area contributed by atoms with Crippen molar-refractivity contribution < 1.29 is 13.9 Å². The summed E-state index contributed by atoms with van der Waals surface area (Å²) < 4.78 is 10.9. The van der Waals surface area contributed by atoms with Gasteiger partial charge >= 0.3 is 5.63 Å². The van der Waals surface area contributed by atoms with Gasteiger partial charge in [-0.2, -0.15) is 11.8 Å². The third-order valence-electron chi connectivity index (χ3n) is 4.98. The Morgan fingerprint density at radius 3 is 2.90 bits per heavy atom. The van der Waals surface area contributed by atoms with E-state index >= 15 is 0 Å². The Balaban J connectivity index is 1.45. The number of amides is 1. The lowest BCUT2D eigenvalue weighted by Gasteiger charge is -2.16. The normalized spacial score (nSPS) is 12.2. The smallest absolute Gasteiger partial charge is 0.336 e. The van der Waals surface area contributed by atoms with Gasteiger partial charge < -0.3 is 19.5 Å². The van der Waals surface area contributed by atoms with Crippen molar-refractivity contribution in [1.29, 1.82) is 0 Å². The number of fused-ring (bicyclic) bond motifs is 2. The molecular weight excluding hydrogens is 414 g/mol. The maximum absolute atomic E-state index is 12.6. The highest BCUT2D eigenvalue weighted by Gasteiger charge is 2.18. The molecular formula is C23H23N3O4S. The van der Waals surface area contributed by atoms with Crippen molar-refractivity contribution in [3.05, 3.63) is 70.3 Å². The van der Waals surface area contributed by atoms with Gasteiger partial charge in [-0.15, -0.1) is 0 Å². The van der Waals surface area contributed by atoms with Crippen molar-refractivity contribution >= 4 is 39.7 Å². The molecule has 0 bridgehead atoms. The van der Waals surface area contributed by atoms with E-state index in [-0.39, 0.29) is 18.6 Å². The maximum atomic E-state index is 12.6. The summed E-state index contributed by atoms with van der Waals surface area (Å²) in [5, 5.41) is 3.84. The number of hydrogen-bond acceptors (Lipinski definition) is 6. The Bertz CT molecular complexity index is 1250. The number of aromatic amines is 1. The van der Waals surface area contributed by atoms with E-state index in [1.807, 2.05) is 43.5 Å². The van der Waals surface area contributed by atoms with Crippen LogP contribution in [0.4, 0.5) is 0 Å². The zero-order valence-electron chi connectivity index (χ0n) is 17.3. The molecule has 0 radical (unpaired) electrons. The molecule has 2 N–H and O–H groups in total. The first-order valence-electron chi connectivity index (χ1n) is 9.94. The molecule has 0 aliphatic heterocycles. The number of thioether (sulfide) groups is 1. The minimum absolute atomic E-state index is 0.155. The summed E-state index contributed by atoms with van der Waals surface area (Å²) in [6.07, 6.45) is 2.77.